The Morgan fingerprint density at radius 3 is 3.17 bits per heavy atom. The quantitative estimate of drug-likeness (QED) is 0.645. The van der Waals surface area contributed by atoms with Gasteiger partial charge in [-0.1, -0.05) is 17.7 Å². The maximum Gasteiger partial charge on any atom is 0.0413 e. The average Bonchev–Trinajstić information content (AvgIpc) is 2.28. The van der Waals surface area contributed by atoms with Crippen LogP contribution in [0, 0.1) is 0 Å². The second-order valence-electron chi connectivity index (χ2n) is 2.89. The van der Waals surface area contributed by atoms with Gasteiger partial charge in [-0.3, -0.25) is 0 Å². The number of anilines is 1. The van der Waals surface area contributed by atoms with Crippen LogP contribution in [-0.2, 0) is 6.42 Å². The fourth-order valence-electron chi connectivity index (χ4n) is 1.38. The first-order chi connectivity index (χ1) is 5.86. The monoisotopic (exact) mass is 179 g/mol. The van der Waals surface area contributed by atoms with Crippen molar-refractivity contribution in [2.75, 3.05) is 5.32 Å². The van der Waals surface area contributed by atoms with Crippen LogP contribution in [0.4, 0.5) is 5.69 Å². The summed E-state index contributed by atoms with van der Waals surface area (Å²) in [5, 5.41) is 4.03. The van der Waals surface area contributed by atoms with E-state index in [0.717, 1.165) is 17.9 Å². The number of aryl methyl sites for hydroxylation is 1. The van der Waals surface area contributed by atoms with Crippen molar-refractivity contribution in [2.45, 2.75) is 12.8 Å². The summed E-state index contributed by atoms with van der Waals surface area (Å²) >= 11 is 5.88. The fraction of sp³-hybridized carbons (Fsp3) is 0.200. The summed E-state index contributed by atoms with van der Waals surface area (Å²) in [4.78, 5) is 0. The van der Waals surface area contributed by atoms with E-state index in [4.69, 9.17) is 11.6 Å². The van der Waals surface area contributed by atoms with Crippen LogP contribution in [0.1, 0.15) is 12.0 Å². The highest BCUT2D eigenvalue weighted by Crippen LogP contribution is 2.23. The number of rotatable bonds is 0. The maximum atomic E-state index is 5.88. The summed E-state index contributed by atoms with van der Waals surface area (Å²) in [7, 11) is 0. The summed E-state index contributed by atoms with van der Waals surface area (Å²) in [6, 6.07) is 5.96. The first-order valence-corrected chi connectivity index (χ1v) is 4.44. The molecule has 0 unspecified atom stereocenters. The largest absolute Gasteiger partial charge is 0.362 e. The molecule has 0 bridgehead atoms. The lowest BCUT2D eigenvalue weighted by Gasteiger charge is -2.05. The van der Waals surface area contributed by atoms with Gasteiger partial charge in [0, 0.05) is 10.7 Å². The molecule has 1 nitrogen and oxygen atoms in total. The van der Waals surface area contributed by atoms with E-state index in [1.165, 1.54) is 11.3 Å². The zero-order valence-corrected chi connectivity index (χ0v) is 7.43. The average molecular weight is 180 g/mol. The van der Waals surface area contributed by atoms with Gasteiger partial charge in [-0.15, -0.1) is 0 Å². The molecule has 1 heterocycles. The Morgan fingerprint density at radius 2 is 2.25 bits per heavy atom. The molecular weight excluding hydrogens is 170 g/mol. The molecular formula is C10H10ClN. The second kappa shape index (κ2) is 3.20. The first kappa shape index (κ1) is 7.69. The summed E-state index contributed by atoms with van der Waals surface area (Å²) in [5.74, 6) is 0. The third kappa shape index (κ3) is 1.46. The molecule has 0 aromatic heterocycles. The highest BCUT2D eigenvalue weighted by Gasteiger charge is 2.03. The van der Waals surface area contributed by atoms with Crippen molar-refractivity contribution >= 4 is 17.3 Å². The number of hydrogen-bond acceptors (Lipinski definition) is 1. The maximum absolute atomic E-state index is 5.88. The van der Waals surface area contributed by atoms with Crippen molar-refractivity contribution in [1.29, 1.82) is 0 Å². The third-order valence-corrected chi connectivity index (χ3v) is 2.24. The van der Waals surface area contributed by atoms with Crippen molar-refractivity contribution in [3.05, 3.63) is 41.1 Å². The van der Waals surface area contributed by atoms with E-state index in [-0.39, 0.29) is 0 Å². The Labute approximate surface area is 77.0 Å². The molecule has 2 rings (SSSR count). The third-order valence-electron chi connectivity index (χ3n) is 2.00. The number of hydrogen-bond donors (Lipinski definition) is 1. The normalized spacial score (nSPS) is 14.8. The van der Waals surface area contributed by atoms with E-state index in [2.05, 4.69) is 11.4 Å². The van der Waals surface area contributed by atoms with Crippen molar-refractivity contribution < 1.29 is 0 Å². The van der Waals surface area contributed by atoms with E-state index in [9.17, 15) is 0 Å². The molecule has 1 aromatic carbocycles. The van der Waals surface area contributed by atoms with Crippen LogP contribution < -0.4 is 5.32 Å². The Bertz CT molecular complexity index is 318. The van der Waals surface area contributed by atoms with Crippen LogP contribution in [0.5, 0.6) is 0 Å². The van der Waals surface area contributed by atoms with Crippen LogP contribution in [0.2, 0.25) is 5.02 Å². The lowest BCUT2D eigenvalue weighted by atomic mass is 10.1. The summed E-state index contributed by atoms with van der Waals surface area (Å²) in [5.41, 5.74) is 2.47. The zero-order chi connectivity index (χ0) is 8.39. The lowest BCUT2D eigenvalue weighted by Crippen LogP contribution is -1.90. The zero-order valence-electron chi connectivity index (χ0n) is 6.68. The van der Waals surface area contributed by atoms with E-state index < -0.39 is 0 Å². The van der Waals surface area contributed by atoms with E-state index >= 15 is 0 Å². The van der Waals surface area contributed by atoms with Gasteiger partial charge in [0.05, 0.1) is 0 Å². The Balaban J connectivity index is 2.42. The number of halogens is 1. The number of benzene rings is 1. The molecule has 1 aromatic rings. The standard InChI is InChI=1S/C10H10ClN/c11-9-4-5-10-8(7-9)3-1-2-6-12-10/h2,4-7,12H,1,3H2. The van der Waals surface area contributed by atoms with Gasteiger partial charge in [0.1, 0.15) is 0 Å². The molecule has 0 fully saturated rings. The molecule has 0 radical (unpaired) electrons. The number of fused-ring (bicyclic) bond motifs is 1. The molecule has 12 heavy (non-hydrogen) atoms. The van der Waals surface area contributed by atoms with Crippen LogP contribution in [0.15, 0.2) is 30.5 Å². The minimum atomic E-state index is 0.817. The molecule has 62 valence electrons. The van der Waals surface area contributed by atoms with Crippen molar-refractivity contribution in [3.8, 4) is 0 Å². The molecule has 0 atom stereocenters. The van der Waals surface area contributed by atoms with Gasteiger partial charge in [0.15, 0.2) is 0 Å². The highest BCUT2D eigenvalue weighted by atomic mass is 35.5. The summed E-state index contributed by atoms with van der Waals surface area (Å²) < 4.78 is 0. The van der Waals surface area contributed by atoms with Gasteiger partial charge >= 0.3 is 0 Å². The van der Waals surface area contributed by atoms with Crippen molar-refractivity contribution in [3.63, 3.8) is 0 Å². The van der Waals surface area contributed by atoms with Crippen molar-refractivity contribution in [2.24, 2.45) is 0 Å². The summed E-state index contributed by atoms with van der Waals surface area (Å²) in [6.07, 6.45) is 6.27. The molecule has 0 aliphatic carbocycles. The van der Waals surface area contributed by atoms with Gasteiger partial charge in [0.2, 0.25) is 0 Å². The van der Waals surface area contributed by atoms with Crippen LogP contribution in [0.25, 0.3) is 0 Å². The second-order valence-corrected chi connectivity index (χ2v) is 3.32. The SMILES string of the molecule is Clc1ccc2c(c1)CCC=CN2. The molecule has 2 heteroatoms. The van der Waals surface area contributed by atoms with Gasteiger partial charge < -0.3 is 5.32 Å². The van der Waals surface area contributed by atoms with E-state index in [0.29, 0.717) is 0 Å². The Kier molecular flexibility index (Phi) is 2.05. The van der Waals surface area contributed by atoms with Crippen LogP contribution in [-0.4, -0.2) is 0 Å². The first-order valence-electron chi connectivity index (χ1n) is 4.06. The van der Waals surface area contributed by atoms with Crippen molar-refractivity contribution in [1.82, 2.24) is 0 Å². The molecule has 1 N–H and O–H groups in total. The minimum absolute atomic E-state index is 0.817. The molecule has 1 aliphatic heterocycles. The van der Waals surface area contributed by atoms with Gasteiger partial charge in [-0.25, -0.2) is 0 Å². The summed E-state index contributed by atoms with van der Waals surface area (Å²) in [6.45, 7) is 0. The molecule has 1 aliphatic rings. The van der Waals surface area contributed by atoms with Crippen LogP contribution >= 0.6 is 11.6 Å². The Morgan fingerprint density at radius 1 is 1.33 bits per heavy atom. The van der Waals surface area contributed by atoms with Gasteiger partial charge in [-0.05, 0) is 42.8 Å². The van der Waals surface area contributed by atoms with Crippen LogP contribution in [0.3, 0.4) is 0 Å². The molecule has 0 saturated carbocycles. The van der Waals surface area contributed by atoms with E-state index in [1.54, 1.807) is 0 Å². The molecule has 0 spiro atoms. The molecule has 0 saturated heterocycles. The van der Waals surface area contributed by atoms with Gasteiger partial charge in [-0.2, -0.15) is 0 Å². The van der Waals surface area contributed by atoms with Gasteiger partial charge in [0.25, 0.3) is 0 Å². The smallest absolute Gasteiger partial charge is 0.0413 e. The Hall–Kier alpha value is -0.950. The number of nitrogens with one attached hydrogen (secondary N) is 1. The predicted octanol–water partition coefficient (Wildman–Crippen LogP) is 3.21. The highest BCUT2D eigenvalue weighted by molar-refractivity contribution is 6.30. The minimum Gasteiger partial charge on any atom is -0.362 e. The topological polar surface area (TPSA) is 12.0 Å². The predicted molar refractivity (Wildman–Crippen MR) is 52.5 cm³/mol. The number of allylic oxidation sites excluding steroid dienone is 1. The fourth-order valence-corrected chi connectivity index (χ4v) is 1.58. The lowest BCUT2D eigenvalue weighted by molar-refractivity contribution is 1.01. The van der Waals surface area contributed by atoms with E-state index in [1.807, 2.05) is 24.4 Å². The molecule has 0 amide bonds.